The van der Waals surface area contributed by atoms with Crippen LogP contribution in [-0.4, -0.2) is 33.6 Å². The molecule has 0 bridgehead atoms. The Balaban J connectivity index is 0.000000574. The highest BCUT2D eigenvalue weighted by atomic mass is 32.2. The molecule has 1 fully saturated rings. The summed E-state index contributed by atoms with van der Waals surface area (Å²) in [7, 11) is 0. The fourth-order valence-corrected chi connectivity index (χ4v) is 4.17. The second-order valence-electron chi connectivity index (χ2n) is 3.64. The SMILES string of the molecule is CC.O=C1Sc2ccccc2C(=O)N2CCSC12. The van der Waals surface area contributed by atoms with Crippen molar-refractivity contribution >= 4 is 34.5 Å². The van der Waals surface area contributed by atoms with Crippen LogP contribution in [0.3, 0.4) is 0 Å². The highest BCUT2D eigenvalue weighted by molar-refractivity contribution is 8.16. The first-order chi connectivity index (χ1) is 8.77. The minimum Gasteiger partial charge on any atom is -0.318 e. The fourth-order valence-electron chi connectivity index (χ4n) is 1.92. The van der Waals surface area contributed by atoms with Crippen LogP contribution < -0.4 is 0 Å². The molecule has 3 rings (SSSR count). The number of nitrogens with zero attached hydrogens (tertiary/aromatic N) is 1. The molecule has 0 aromatic heterocycles. The summed E-state index contributed by atoms with van der Waals surface area (Å²) < 4.78 is 0. The van der Waals surface area contributed by atoms with Crippen molar-refractivity contribution in [3.05, 3.63) is 29.8 Å². The van der Waals surface area contributed by atoms with Crippen LogP contribution in [0.2, 0.25) is 0 Å². The lowest BCUT2D eigenvalue weighted by molar-refractivity contribution is -0.112. The number of carbonyl (C=O) groups is 2. The van der Waals surface area contributed by atoms with Gasteiger partial charge in [-0.25, -0.2) is 0 Å². The van der Waals surface area contributed by atoms with E-state index in [4.69, 9.17) is 0 Å². The fraction of sp³-hybridized carbons (Fsp3) is 0.385. The van der Waals surface area contributed by atoms with E-state index in [9.17, 15) is 9.59 Å². The molecule has 1 aromatic rings. The minimum atomic E-state index is -0.287. The predicted molar refractivity (Wildman–Crippen MR) is 75.9 cm³/mol. The molecule has 1 unspecified atom stereocenters. The van der Waals surface area contributed by atoms with Gasteiger partial charge in [0.15, 0.2) is 0 Å². The Morgan fingerprint density at radius 2 is 1.94 bits per heavy atom. The quantitative estimate of drug-likeness (QED) is 0.733. The number of amides is 1. The molecule has 96 valence electrons. The van der Waals surface area contributed by atoms with E-state index in [0.29, 0.717) is 12.1 Å². The summed E-state index contributed by atoms with van der Waals surface area (Å²) in [5, 5.41) is -0.217. The summed E-state index contributed by atoms with van der Waals surface area (Å²) in [6.45, 7) is 4.68. The number of thioether (sulfide) groups is 2. The van der Waals surface area contributed by atoms with Crippen LogP contribution in [0.4, 0.5) is 0 Å². The Morgan fingerprint density at radius 3 is 2.72 bits per heavy atom. The number of carbonyl (C=O) groups excluding carboxylic acids is 2. The predicted octanol–water partition coefficient (Wildman–Crippen LogP) is 2.86. The van der Waals surface area contributed by atoms with Gasteiger partial charge in [0.1, 0.15) is 5.37 Å². The van der Waals surface area contributed by atoms with Gasteiger partial charge in [0.25, 0.3) is 5.91 Å². The lowest BCUT2D eigenvalue weighted by Crippen LogP contribution is -2.36. The van der Waals surface area contributed by atoms with E-state index in [1.807, 2.05) is 32.0 Å². The van der Waals surface area contributed by atoms with Crippen molar-refractivity contribution in [3.63, 3.8) is 0 Å². The molecule has 2 aliphatic rings. The van der Waals surface area contributed by atoms with Crippen LogP contribution in [0.5, 0.6) is 0 Å². The lowest BCUT2D eigenvalue weighted by Gasteiger charge is -2.18. The molecule has 1 aromatic carbocycles. The van der Waals surface area contributed by atoms with Gasteiger partial charge in [0.05, 0.1) is 5.56 Å². The molecule has 0 saturated carbocycles. The van der Waals surface area contributed by atoms with Crippen molar-refractivity contribution in [3.8, 4) is 0 Å². The molecule has 1 amide bonds. The second-order valence-corrected chi connectivity index (χ2v) is 5.87. The first kappa shape index (κ1) is 13.5. The van der Waals surface area contributed by atoms with Gasteiger partial charge in [-0.3, -0.25) is 9.59 Å². The molecule has 18 heavy (non-hydrogen) atoms. The van der Waals surface area contributed by atoms with Crippen molar-refractivity contribution in [2.24, 2.45) is 0 Å². The average Bonchev–Trinajstić information content (AvgIpc) is 2.87. The average molecular weight is 281 g/mol. The molecule has 5 heteroatoms. The maximum Gasteiger partial charge on any atom is 0.256 e. The zero-order chi connectivity index (χ0) is 13.1. The molecule has 2 aliphatic heterocycles. The Labute approximate surface area is 115 Å². The van der Waals surface area contributed by atoms with E-state index in [1.54, 1.807) is 22.7 Å². The van der Waals surface area contributed by atoms with E-state index >= 15 is 0 Å². The number of hydrogen-bond acceptors (Lipinski definition) is 4. The Morgan fingerprint density at radius 1 is 1.22 bits per heavy atom. The molecule has 1 atom stereocenters. The number of benzene rings is 1. The van der Waals surface area contributed by atoms with Crippen LogP contribution in [0, 0.1) is 0 Å². The van der Waals surface area contributed by atoms with Crippen LogP contribution in [0.25, 0.3) is 0 Å². The Bertz CT molecular complexity index is 476. The summed E-state index contributed by atoms with van der Waals surface area (Å²) in [6.07, 6.45) is 0. The van der Waals surface area contributed by atoms with Crippen LogP contribution in [-0.2, 0) is 4.79 Å². The third-order valence-corrected chi connectivity index (χ3v) is 5.03. The molecule has 0 aliphatic carbocycles. The summed E-state index contributed by atoms with van der Waals surface area (Å²) >= 11 is 2.75. The molecule has 0 N–H and O–H groups in total. The summed E-state index contributed by atoms with van der Waals surface area (Å²) in [4.78, 5) is 26.6. The molecule has 2 heterocycles. The first-order valence-corrected chi connectivity index (χ1v) is 7.87. The minimum absolute atomic E-state index is 0.0102. The van der Waals surface area contributed by atoms with E-state index in [0.717, 1.165) is 10.6 Å². The van der Waals surface area contributed by atoms with Crippen LogP contribution in [0.15, 0.2) is 29.2 Å². The van der Waals surface area contributed by atoms with Gasteiger partial charge in [-0.05, 0) is 23.9 Å². The van der Waals surface area contributed by atoms with Crippen LogP contribution >= 0.6 is 23.5 Å². The summed E-state index contributed by atoms with van der Waals surface area (Å²) in [5.74, 6) is 0.842. The normalized spacial score (nSPS) is 21.7. The lowest BCUT2D eigenvalue weighted by atomic mass is 10.2. The van der Waals surface area contributed by atoms with E-state index in [2.05, 4.69) is 0 Å². The van der Waals surface area contributed by atoms with E-state index in [1.165, 1.54) is 11.8 Å². The third kappa shape index (κ3) is 2.29. The van der Waals surface area contributed by atoms with Crippen LogP contribution in [0.1, 0.15) is 24.2 Å². The van der Waals surface area contributed by atoms with E-state index in [-0.39, 0.29) is 16.4 Å². The molecular weight excluding hydrogens is 266 g/mol. The van der Waals surface area contributed by atoms with Gasteiger partial charge in [0.2, 0.25) is 5.12 Å². The van der Waals surface area contributed by atoms with Crippen molar-refractivity contribution in [2.45, 2.75) is 24.1 Å². The molecule has 0 radical (unpaired) electrons. The number of fused-ring (bicyclic) bond motifs is 2. The number of hydrogen-bond donors (Lipinski definition) is 0. The van der Waals surface area contributed by atoms with Gasteiger partial charge < -0.3 is 4.90 Å². The highest BCUT2D eigenvalue weighted by Crippen LogP contribution is 2.37. The molecule has 1 saturated heterocycles. The monoisotopic (exact) mass is 281 g/mol. The third-order valence-electron chi connectivity index (χ3n) is 2.68. The largest absolute Gasteiger partial charge is 0.318 e. The Hall–Kier alpha value is -0.940. The van der Waals surface area contributed by atoms with E-state index < -0.39 is 0 Å². The molecule has 3 nitrogen and oxygen atoms in total. The zero-order valence-corrected chi connectivity index (χ0v) is 12.0. The maximum atomic E-state index is 12.2. The Kier molecular flexibility index (Phi) is 4.35. The summed E-state index contributed by atoms with van der Waals surface area (Å²) in [6, 6.07) is 7.33. The van der Waals surface area contributed by atoms with Gasteiger partial charge in [0, 0.05) is 17.2 Å². The van der Waals surface area contributed by atoms with Crippen molar-refractivity contribution < 1.29 is 9.59 Å². The standard InChI is InChI=1S/C11H9NO2S2.C2H6/c13-9-7-3-1-2-4-8(7)16-11(14)10-12(9)5-6-15-10;1-2/h1-4,10H,5-6H2;1-2H3. The van der Waals surface area contributed by atoms with Gasteiger partial charge in [-0.15, -0.1) is 11.8 Å². The zero-order valence-electron chi connectivity index (χ0n) is 10.4. The van der Waals surface area contributed by atoms with Gasteiger partial charge in [-0.2, -0.15) is 0 Å². The van der Waals surface area contributed by atoms with Gasteiger partial charge in [-0.1, -0.05) is 26.0 Å². The smallest absolute Gasteiger partial charge is 0.256 e. The van der Waals surface area contributed by atoms with Gasteiger partial charge >= 0.3 is 0 Å². The topological polar surface area (TPSA) is 37.4 Å². The first-order valence-electron chi connectivity index (χ1n) is 6.00. The van der Waals surface area contributed by atoms with Crippen molar-refractivity contribution in [1.82, 2.24) is 4.90 Å². The summed E-state index contributed by atoms with van der Waals surface area (Å²) in [5.41, 5.74) is 0.658. The van der Waals surface area contributed by atoms with Crippen molar-refractivity contribution in [2.75, 3.05) is 12.3 Å². The second kappa shape index (κ2) is 5.80. The maximum absolute atomic E-state index is 12.2. The molecular formula is C13H15NO2S2. The van der Waals surface area contributed by atoms with Crippen molar-refractivity contribution in [1.29, 1.82) is 0 Å². The number of rotatable bonds is 0. The highest BCUT2D eigenvalue weighted by Gasteiger charge is 2.39. The molecule has 0 spiro atoms.